The molecule has 6 nitrogen and oxygen atoms in total. The highest BCUT2D eigenvalue weighted by atomic mass is 35.5. The molecule has 2 aromatic rings. The van der Waals surface area contributed by atoms with E-state index in [1.165, 1.54) is 12.1 Å². The lowest BCUT2D eigenvalue weighted by atomic mass is 10.3. The SMILES string of the molecule is CCCCCNS(=O)(=O)c1ccc(Cl)c2nonc12. The maximum atomic E-state index is 12.2. The molecule has 0 radical (unpaired) electrons. The summed E-state index contributed by atoms with van der Waals surface area (Å²) in [6.45, 7) is 2.45. The fraction of sp³-hybridized carbons (Fsp3) is 0.455. The zero-order chi connectivity index (χ0) is 13.9. The summed E-state index contributed by atoms with van der Waals surface area (Å²) in [5.41, 5.74) is 0.397. The van der Waals surface area contributed by atoms with Crippen LogP contribution in [0, 0.1) is 0 Å². The van der Waals surface area contributed by atoms with Gasteiger partial charge in [0.2, 0.25) is 10.0 Å². The van der Waals surface area contributed by atoms with Gasteiger partial charge in [-0.3, -0.25) is 0 Å². The Labute approximate surface area is 116 Å². The molecule has 1 N–H and O–H groups in total. The van der Waals surface area contributed by atoms with Crippen molar-refractivity contribution in [2.75, 3.05) is 6.54 Å². The predicted octanol–water partition coefficient (Wildman–Crippen LogP) is 2.34. The summed E-state index contributed by atoms with van der Waals surface area (Å²) >= 11 is 5.89. The van der Waals surface area contributed by atoms with Gasteiger partial charge in [-0.05, 0) is 28.9 Å². The minimum atomic E-state index is -3.63. The van der Waals surface area contributed by atoms with Gasteiger partial charge in [0.15, 0.2) is 11.0 Å². The predicted molar refractivity (Wildman–Crippen MR) is 71.5 cm³/mol. The van der Waals surface area contributed by atoms with Crippen LogP contribution in [-0.4, -0.2) is 25.3 Å². The molecule has 1 aromatic carbocycles. The van der Waals surface area contributed by atoms with Gasteiger partial charge >= 0.3 is 0 Å². The number of nitrogens with one attached hydrogen (secondary N) is 1. The lowest BCUT2D eigenvalue weighted by Gasteiger charge is -2.06. The lowest BCUT2D eigenvalue weighted by Crippen LogP contribution is -2.25. The Kier molecular flexibility index (Phi) is 4.38. The fourth-order valence-corrected chi connectivity index (χ4v) is 3.08. The van der Waals surface area contributed by atoms with E-state index < -0.39 is 10.0 Å². The first-order valence-corrected chi connectivity index (χ1v) is 7.83. The van der Waals surface area contributed by atoms with Crippen LogP contribution in [0.3, 0.4) is 0 Å². The van der Waals surface area contributed by atoms with Crippen LogP contribution in [0.2, 0.25) is 5.02 Å². The molecule has 0 aliphatic rings. The lowest BCUT2D eigenvalue weighted by molar-refractivity contribution is 0.315. The van der Waals surface area contributed by atoms with Gasteiger partial charge in [0.25, 0.3) is 0 Å². The topological polar surface area (TPSA) is 85.1 Å². The van der Waals surface area contributed by atoms with Crippen LogP contribution in [0.15, 0.2) is 21.7 Å². The van der Waals surface area contributed by atoms with E-state index >= 15 is 0 Å². The van der Waals surface area contributed by atoms with E-state index in [4.69, 9.17) is 11.6 Å². The first kappa shape index (κ1) is 14.2. The molecule has 0 unspecified atom stereocenters. The van der Waals surface area contributed by atoms with Gasteiger partial charge in [-0.25, -0.2) is 17.8 Å². The Morgan fingerprint density at radius 3 is 2.74 bits per heavy atom. The van der Waals surface area contributed by atoms with E-state index in [9.17, 15) is 8.42 Å². The van der Waals surface area contributed by atoms with E-state index in [-0.39, 0.29) is 15.9 Å². The first-order chi connectivity index (χ1) is 9.06. The molecule has 1 aromatic heterocycles. The molecule has 0 amide bonds. The molecule has 1 heterocycles. The van der Waals surface area contributed by atoms with Crippen molar-refractivity contribution in [2.45, 2.75) is 31.1 Å². The Morgan fingerprint density at radius 2 is 2.00 bits per heavy atom. The van der Waals surface area contributed by atoms with Crippen LogP contribution in [-0.2, 0) is 10.0 Å². The molecule has 8 heteroatoms. The molecule has 2 rings (SSSR count). The number of halogens is 1. The average molecular weight is 304 g/mol. The third-order valence-corrected chi connectivity index (χ3v) is 4.49. The fourth-order valence-electron chi connectivity index (χ4n) is 1.69. The summed E-state index contributed by atoms with van der Waals surface area (Å²) in [4.78, 5) is 0.0321. The second-order valence-corrected chi connectivity index (χ2v) is 6.25. The van der Waals surface area contributed by atoms with Gasteiger partial charge in [-0.1, -0.05) is 31.4 Å². The van der Waals surface area contributed by atoms with Crippen LogP contribution in [0.4, 0.5) is 0 Å². The molecule has 0 spiro atoms. The summed E-state index contributed by atoms with van der Waals surface area (Å²) in [7, 11) is -3.63. The minimum absolute atomic E-state index is 0.0321. The third kappa shape index (κ3) is 3.05. The van der Waals surface area contributed by atoms with E-state index in [0.717, 1.165) is 19.3 Å². The summed E-state index contributed by atoms with van der Waals surface area (Å²) in [5, 5.41) is 7.50. The Morgan fingerprint density at radius 1 is 1.26 bits per heavy atom. The summed E-state index contributed by atoms with van der Waals surface area (Å²) in [6.07, 6.45) is 2.80. The smallest absolute Gasteiger partial charge is 0.242 e. The second-order valence-electron chi connectivity index (χ2n) is 4.11. The monoisotopic (exact) mass is 303 g/mol. The largest absolute Gasteiger partial charge is 0.243 e. The molecule has 0 aliphatic heterocycles. The maximum absolute atomic E-state index is 12.2. The Bertz CT molecular complexity index is 669. The van der Waals surface area contributed by atoms with E-state index in [2.05, 4.69) is 26.6 Å². The highest BCUT2D eigenvalue weighted by molar-refractivity contribution is 7.89. The molecule has 0 saturated heterocycles. The summed E-state index contributed by atoms with van der Waals surface area (Å²) in [6, 6.07) is 2.87. The van der Waals surface area contributed by atoms with Crippen LogP contribution in [0.25, 0.3) is 11.0 Å². The number of unbranched alkanes of at least 4 members (excludes halogenated alkanes) is 2. The van der Waals surface area contributed by atoms with Crippen molar-refractivity contribution < 1.29 is 13.0 Å². The zero-order valence-electron chi connectivity index (χ0n) is 10.4. The number of sulfonamides is 1. The van der Waals surface area contributed by atoms with Crippen molar-refractivity contribution >= 4 is 32.7 Å². The molecule has 19 heavy (non-hydrogen) atoms. The number of hydrogen-bond acceptors (Lipinski definition) is 5. The van der Waals surface area contributed by atoms with E-state index in [1.807, 2.05) is 0 Å². The highest BCUT2D eigenvalue weighted by Crippen LogP contribution is 2.26. The van der Waals surface area contributed by atoms with Crippen molar-refractivity contribution in [1.29, 1.82) is 0 Å². The number of aromatic nitrogens is 2. The Balaban J connectivity index is 2.28. The van der Waals surface area contributed by atoms with Gasteiger partial charge in [-0.15, -0.1) is 0 Å². The highest BCUT2D eigenvalue weighted by Gasteiger charge is 2.21. The first-order valence-electron chi connectivity index (χ1n) is 5.96. The molecule has 0 atom stereocenters. The zero-order valence-corrected chi connectivity index (χ0v) is 12.0. The number of rotatable bonds is 6. The number of fused-ring (bicyclic) bond motifs is 1. The van der Waals surface area contributed by atoms with Crippen molar-refractivity contribution in [2.24, 2.45) is 0 Å². The van der Waals surface area contributed by atoms with E-state index in [0.29, 0.717) is 11.6 Å². The second kappa shape index (κ2) is 5.85. The van der Waals surface area contributed by atoms with Crippen LogP contribution >= 0.6 is 11.6 Å². The molecule has 0 saturated carbocycles. The van der Waals surface area contributed by atoms with Gasteiger partial charge in [0, 0.05) is 6.54 Å². The van der Waals surface area contributed by atoms with Crippen LogP contribution in [0.5, 0.6) is 0 Å². The molecule has 104 valence electrons. The quantitative estimate of drug-likeness (QED) is 0.828. The van der Waals surface area contributed by atoms with Crippen LogP contribution in [0.1, 0.15) is 26.2 Å². The van der Waals surface area contributed by atoms with Gasteiger partial charge in [0.1, 0.15) is 4.90 Å². The molecule has 0 fully saturated rings. The average Bonchev–Trinajstić information content (AvgIpc) is 2.85. The van der Waals surface area contributed by atoms with Crippen molar-refractivity contribution in [3.05, 3.63) is 17.2 Å². The molecular weight excluding hydrogens is 290 g/mol. The van der Waals surface area contributed by atoms with Gasteiger partial charge < -0.3 is 0 Å². The van der Waals surface area contributed by atoms with Crippen LogP contribution < -0.4 is 4.72 Å². The summed E-state index contributed by atoms with van der Waals surface area (Å²) < 4.78 is 31.4. The molecular formula is C11H14ClN3O3S. The van der Waals surface area contributed by atoms with Crippen molar-refractivity contribution in [1.82, 2.24) is 15.0 Å². The number of benzene rings is 1. The van der Waals surface area contributed by atoms with Crippen molar-refractivity contribution in [3.8, 4) is 0 Å². The molecule has 0 aliphatic carbocycles. The summed E-state index contributed by atoms with van der Waals surface area (Å²) in [5.74, 6) is 0. The number of nitrogens with zero attached hydrogens (tertiary/aromatic N) is 2. The van der Waals surface area contributed by atoms with Crippen molar-refractivity contribution in [3.63, 3.8) is 0 Å². The maximum Gasteiger partial charge on any atom is 0.242 e. The molecule has 0 bridgehead atoms. The van der Waals surface area contributed by atoms with Gasteiger partial charge in [0.05, 0.1) is 5.02 Å². The minimum Gasteiger partial charge on any atom is -0.243 e. The third-order valence-electron chi connectivity index (χ3n) is 2.69. The number of hydrogen-bond donors (Lipinski definition) is 1. The standard InChI is InChI=1S/C11H14ClN3O3S/c1-2-3-4-7-13-19(16,17)9-6-5-8(12)10-11(9)15-18-14-10/h5-6,13H,2-4,7H2,1H3. The normalized spacial score (nSPS) is 12.1. The van der Waals surface area contributed by atoms with E-state index in [1.54, 1.807) is 0 Å². The van der Waals surface area contributed by atoms with Gasteiger partial charge in [-0.2, -0.15) is 0 Å². The Hall–Kier alpha value is -1.18.